The van der Waals surface area contributed by atoms with Crippen LogP contribution in [-0.4, -0.2) is 44.7 Å². The number of benzene rings is 2. The molecule has 2 aromatic carbocycles. The van der Waals surface area contributed by atoms with E-state index in [1.807, 2.05) is 6.07 Å². The van der Waals surface area contributed by atoms with Crippen LogP contribution in [-0.2, 0) is 23.4 Å². The van der Waals surface area contributed by atoms with Crippen LogP contribution in [0.25, 0.3) is 0 Å². The zero-order valence-electron chi connectivity index (χ0n) is 23.9. The summed E-state index contributed by atoms with van der Waals surface area (Å²) in [6, 6.07) is 10.0. The first kappa shape index (κ1) is 31.3. The van der Waals surface area contributed by atoms with Gasteiger partial charge in [0.25, 0.3) is 5.91 Å². The Bertz CT molecular complexity index is 1680. The summed E-state index contributed by atoms with van der Waals surface area (Å²) in [4.78, 5) is 41.2. The molecule has 1 amide bonds. The van der Waals surface area contributed by atoms with Gasteiger partial charge in [-0.1, -0.05) is 12.1 Å². The van der Waals surface area contributed by atoms with E-state index in [4.69, 9.17) is 4.74 Å². The molecule has 2 aliphatic rings. The molecule has 1 fully saturated rings. The van der Waals surface area contributed by atoms with Gasteiger partial charge in [0.1, 0.15) is 17.1 Å². The highest BCUT2D eigenvalue weighted by molar-refractivity contribution is 7.50. The van der Waals surface area contributed by atoms with Crippen LogP contribution in [0.1, 0.15) is 64.2 Å². The fourth-order valence-corrected chi connectivity index (χ4v) is 6.44. The van der Waals surface area contributed by atoms with Crippen molar-refractivity contribution in [3.8, 4) is 11.8 Å². The number of nitrogens with zero attached hydrogens (tertiary/aromatic N) is 4. The Labute approximate surface area is 251 Å². The average molecular weight is 631 g/mol. The number of alkyl halides is 3. The lowest BCUT2D eigenvalue weighted by Crippen LogP contribution is -2.18. The number of anilines is 4. The molecule has 1 aliphatic heterocycles. The maximum Gasteiger partial charge on any atom is 0.421 e. The van der Waals surface area contributed by atoms with Gasteiger partial charge in [-0.25, -0.2) is 4.98 Å². The van der Waals surface area contributed by atoms with Crippen LogP contribution in [0.15, 0.2) is 36.5 Å². The summed E-state index contributed by atoms with van der Waals surface area (Å²) in [7, 11) is -1.38. The number of amides is 1. The number of ether oxygens (including phenoxy) is 1. The molecule has 0 bridgehead atoms. The number of carbonyl (C=O) groups excluding carboxylic acids is 1. The second-order valence-electron chi connectivity index (χ2n) is 11.0. The van der Waals surface area contributed by atoms with Crippen LogP contribution in [0.5, 0.6) is 5.75 Å². The Morgan fingerprint density at radius 2 is 1.84 bits per heavy atom. The van der Waals surface area contributed by atoms with Crippen molar-refractivity contribution in [3.63, 3.8) is 0 Å². The van der Waals surface area contributed by atoms with Gasteiger partial charge in [-0.3, -0.25) is 9.36 Å². The molecule has 3 aromatic rings. The van der Waals surface area contributed by atoms with Gasteiger partial charge in [0, 0.05) is 25.7 Å². The summed E-state index contributed by atoms with van der Waals surface area (Å²) in [6.07, 6.45) is -1.62. The van der Waals surface area contributed by atoms with Gasteiger partial charge >= 0.3 is 13.8 Å². The molecule has 0 unspecified atom stereocenters. The summed E-state index contributed by atoms with van der Waals surface area (Å²) >= 11 is 0. The second kappa shape index (κ2) is 12.1. The van der Waals surface area contributed by atoms with Crippen molar-refractivity contribution >= 4 is 36.6 Å². The van der Waals surface area contributed by atoms with Gasteiger partial charge in [0.2, 0.25) is 5.95 Å². The predicted molar refractivity (Wildman–Crippen MR) is 155 cm³/mol. The minimum absolute atomic E-state index is 0.00327. The van der Waals surface area contributed by atoms with Crippen LogP contribution in [0, 0.1) is 17.2 Å². The number of aromatic nitrogens is 2. The number of rotatable bonds is 8. The molecule has 5 rings (SSSR count). The number of nitriles is 1. The summed E-state index contributed by atoms with van der Waals surface area (Å²) in [6.45, 7) is 0.317. The van der Waals surface area contributed by atoms with Gasteiger partial charge in [-0.15, -0.1) is 0 Å². The third-order valence-corrected chi connectivity index (χ3v) is 8.68. The minimum atomic E-state index is -4.81. The van der Waals surface area contributed by atoms with E-state index in [9.17, 15) is 37.6 Å². The fraction of sp³-hybridized carbons (Fsp3) is 0.379. The minimum Gasteiger partial charge on any atom is -0.495 e. The SMILES string of the molecule is COc1cc(CP(=O)(O)O)ccc1Nc1ncc(C(F)(F)F)c(Nc2ccc([C@H]3CC[C@@H](C#N)CC3)c3c2C(=O)N(C)C3)n1. The van der Waals surface area contributed by atoms with Crippen molar-refractivity contribution in [3.05, 3.63) is 64.3 Å². The standard InChI is InChI=1S/C29H30F3N6O5P/c1-38-14-20-19(18-6-3-16(12-33)4-7-18)8-10-23(25(20)27(38)39)35-26-21(29(30,31)32)13-34-28(37-26)36-22-9-5-17(11-24(22)43-2)15-44(40,41)42/h5,8-11,13,16,18H,3-4,6-7,14-15H2,1-2H3,(H2,40,41,42)(H2,34,35,36,37)/t16-,18+. The largest absolute Gasteiger partial charge is 0.495 e. The normalized spacial score (nSPS) is 18.5. The van der Waals surface area contributed by atoms with E-state index in [0.717, 1.165) is 36.8 Å². The first-order chi connectivity index (χ1) is 20.8. The molecular formula is C29H30F3N6O5P. The topological polar surface area (TPSA) is 161 Å². The Balaban J connectivity index is 1.49. The molecule has 0 saturated heterocycles. The van der Waals surface area contributed by atoms with Gasteiger partial charge in [-0.05, 0) is 66.5 Å². The van der Waals surface area contributed by atoms with E-state index in [-0.39, 0.29) is 46.4 Å². The van der Waals surface area contributed by atoms with Gasteiger partial charge in [-0.2, -0.15) is 23.4 Å². The lowest BCUT2D eigenvalue weighted by atomic mass is 9.77. The molecule has 1 saturated carbocycles. The van der Waals surface area contributed by atoms with Gasteiger partial charge in [0.05, 0.1) is 36.3 Å². The number of methoxy groups -OCH3 is 1. The average Bonchev–Trinajstić information content (AvgIpc) is 3.27. The predicted octanol–water partition coefficient (Wildman–Crippen LogP) is 6.05. The molecule has 1 aliphatic carbocycles. The molecule has 11 nitrogen and oxygen atoms in total. The zero-order valence-corrected chi connectivity index (χ0v) is 24.7. The number of fused-ring (bicyclic) bond motifs is 1. The quantitative estimate of drug-likeness (QED) is 0.216. The molecule has 0 radical (unpaired) electrons. The third-order valence-electron chi connectivity index (χ3n) is 7.90. The lowest BCUT2D eigenvalue weighted by Gasteiger charge is -2.27. The highest BCUT2D eigenvalue weighted by Gasteiger charge is 2.37. The molecular weight excluding hydrogens is 600 g/mol. The zero-order chi connectivity index (χ0) is 31.8. The van der Waals surface area contributed by atoms with E-state index >= 15 is 0 Å². The molecule has 15 heteroatoms. The summed E-state index contributed by atoms with van der Waals surface area (Å²) in [5, 5.41) is 14.8. The molecule has 0 spiro atoms. The Morgan fingerprint density at radius 1 is 1.14 bits per heavy atom. The van der Waals surface area contributed by atoms with Crippen LogP contribution in [0.2, 0.25) is 0 Å². The molecule has 2 heterocycles. The highest BCUT2D eigenvalue weighted by atomic mass is 31.2. The summed E-state index contributed by atoms with van der Waals surface area (Å²) in [5.74, 6) is -0.795. The first-order valence-corrected chi connectivity index (χ1v) is 15.6. The van der Waals surface area contributed by atoms with Crippen molar-refractivity contribution in [2.45, 2.75) is 50.5 Å². The van der Waals surface area contributed by atoms with E-state index in [1.54, 1.807) is 13.1 Å². The fourth-order valence-electron chi connectivity index (χ4n) is 5.77. The van der Waals surface area contributed by atoms with Gasteiger partial charge < -0.3 is 30.1 Å². The van der Waals surface area contributed by atoms with E-state index in [0.29, 0.717) is 18.3 Å². The van der Waals surface area contributed by atoms with Crippen molar-refractivity contribution in [1.82, 2.24) is 14.9 Å². The molecule has 232 valence electrons. The van der Waals surface area contributed by atoms with E-state index in [1.165, 1.54) is 30.2 Å². The maximum absolute atomic E-state index is 14.1. The number of halogens is 3. The number of hydrogen-bond donors (Lipinski definition) is 4. The van der Waals surface area contributed by atoms with Crippen LogP contribution >= 0.6 is 7.60 Å². The van der Waals surface area contributed by atoms with Crippen molar-refractivity contribution in [1.29, 1.82) is 5.26 Å². The Kier molecular flexibility index (Phi) is 8.57. The second-order valence-corrected chi connectivity index (χ2v) is 12.6. The highest BCUT2D eigenvalue weighted by Crippen LogP contribution is 2.44. The molecule has 44 heavy (non-hydrogen) atoms. The first-order valence-electron chi connectivity index (χ1n) is 13.8. The van der Waals surface area contributed by atoms with Crippen LogP contribution < -0.4 is 15.4 Å². The van der Waals surface area contributed by atoms with Gasteiger partial charge in [0.15, 0.2) is 0 Å². The number of carbonyl (C=O) groups is 1. The number of hydrogen-bond acceptors (Lipinski definition) is 8. The monoisotopic (exact) mass is 630 g/mol. The molecule has 1 aromatic heterocycles. The van der Waals surface area contributed by atoms with Crippen molar-refractivity contribution in [2.24, 2.45) is 5.92 Å². The number of nitrogens with one attached hydrogen (secondary N) is 2. The van der Waals surface area contributed by atoms with E-state index < -0.39 is 31.3 Å². The summed E-state index contributed by atoms with van der Waals surface area (Å²) in [5.41, 5.74) is 1.59. The molecule has 4 N–H and O–H groups in total. The lowest BCUT2D eigenvalue weighted by molar-refractivity contribution is -0.137. The van der Waals surface area contributed by atoms with Crippen molar-refractivity contribution < 1.29 is 37.1 Å². The van der Waals surface area contributed by atoms with Crippen LogP contribution in [0.3, 0.4) is 0 Å². The molecule has 0 atom stereocenters. The Morgan fingerprint density at radius 3 is 2.48 bits per heavy atom. The van der Waals surface area contributed by atoms with E-state index in [2.05, 4.69) is 26.7 Å². The summed E-state index contributed by atoms with van der Waals surface area (Å²) < 4.78 is 58.9. The van der Waals surface area contributed by atoms with Crippen molar-refractivity contribution in [2.75, 3.05) is 24.8 Å². The van der Waals surface area contributed by atoms with Crippen LogP contribution in [0.4, 0.5) is 36.3 Å². The third kappa shape index (κ3) is 6.65. The smallest absolute Gasteiger partial charge is 0.421 e. The Hall–Kier alpha value is -4.18. The maximum atomic E-state index is 14.1.